The molecule has 4 N–H and O–H groups in total. The topological polar surface area (TPSA) is 263 Å². The van der Waals surface area contributed by atoms with Gasteiger partial charge in [0.15, 0.2) is 28.6 Å². The highest BCUT2D eigenvalue weighted by Gasteiger charge is 2.33. The molecule has 19 nitrogen and oxygen atoms in total. The maximum atomic E-state index is 13.6. The third kappa shape index (κ3) is 9.77. The monoisotopic (exact) mass is 979 g/mol. The van der Waals surface area contributed by atoms with Crippen LogP contribution in [-0.2, 0) is 33.8 Å². The van der Waals surface area contributed by atoms with Gasteiger partial charge in [0.2, 0.25) is 11.5 Å². The number of nitriles is 1. The lowest BCUT2D eigenvalue weighted by molar-refractivity contribution is -0.135. The molecule has 21 heteroatoms. The summed E-state index contributed by atoms with van der Waals surface area (Å²) in [5.41, 5.74) is 0.609. The molecule has 4 aromatic heterocycles. The van der Waals surface area contributed by atoms with E-state index in [2.05, 4.69) is 20.6 Å². The smallest absolute Gasteiger partial charge is 0.373 e. The summed E-state index contributed by atoms with van der Waals surface area (Å²) >= 11 is 0. The number of nitrogens with zero attached hydrogens (tertiary/aromatic N) is 5. The molecule has 9 rings (SSSR count). The molecule has 0 saturated heterocycles. The summed E-state index contributed by atoms with van der Waals surface area (Å²) in [5, 5.41) is 33.9. The minimum Gasteiger partial charge on any atom is -0.505 e. The van der Waals surface area contributed by atoms with E-state index < -0.39 is 69.1 Å². The number of ether oxygens (including phenoxy) is 4. The average molecular weight is 980 g/mol. The van der Waals surface area contributed by atoms with Gasteiger partial charge in [0.25, 0.3) is 22.9 Å². The number of nitrogens with one attached hydrogen (secondary N) is 2. The van der Waals surface area contributed by atoms with Gasteiger partial charge in [-0.2, -0.15) is 5.26 Å². The lowest BCUT2D eigenvalue weighted by Gasteiger charge is -2.23. The summed E-state index contributed by atoms with van der Waals surface area (Å²) in [4.78, 5) is 85.3. The molecule has 0 bridgehead atoms. The zero-order valence-electron chi connectivity index (χ0n) is 38.0. The van der Waals surface area contributed by atoms with E-state index in [0.717, 1.165) is 27.1 Å². The molecule has 364 valence electrons. The fourth-order valence-corrected chi connectivity index (χ4v) is 7.69. The zero-order chi connectivity index (χ0) is 51.2. The first-order chi connectivity index (χ1) is 34.7. The second-order valence-electron chi connectivity index (χ2n) is 15.7. The molecule has 3 aromatic carbocycles. The summed E-state index contributed by atoms with van der Waals surface area (Å²) in [7, 11) is 1.39. The Morgan fingerprint density at radius 2 is 1.29 bits per heavy atom. The van der Waals surface area contributed by atoms with E-state index in [9.17, 15) is 47.8 Å². The van der Waals surface area contributed by atoms with Gasteiger partial charge in [0, 0.05) is 50.0 Å². The summed E-state index contributed by atoms with van der Waals surface area (Å²) in [6.07, 6.45) is 5.39. The van der Waals surface area contributed by atoms with Crippen LogP contribution in [0.5, 0.6) is 23.0 Å². The zero-order valence-corrected chi connectivity index (χ0v) is 38.0. The van der Waals surface area contributed by atoms with Gasteiger partial charge in [-0.05, 0) is 47.9 Å². The van der Waals surface area contributed by atoms with E-state index in [-0.39, 0.29) is 84.1 Å². The van der Waals surface area contributed by atoms with Crippen LogP contribution >= 0.6 is 0 Å². The van der Waals surface area contributed by atoms with Crippen molar-refractivity contribution in [3.05, 3.63) is 174 Å². The third-order valence-corrected chi connectivity index (χ3v) is 11.1. The van der Waals surface area contributed by atoms with E-state index in [4.69, 9.17) is 24.2 Å². The van der Waals surface area contributed by atoms with Crippen LogP contribution in [0, 0.1) is 23.0 Å². The maximum absolute atomic E-state index is 13.6. The number of amides is 2. The molecule has 2 aliphatic rings. The number of hydrogen-bond acceptors (Lipinski definition) is 14. The van der Waals surface area contributed by atoms with E-state index in [1.54, 1.807) is 31.2 Å². The maximum Gasteiger partial charge on any atom is 0.373 e. The molecule has 72 heavy (non-hydrogen) atoms. The first kappa shape index (κ1) is 48.7. The normalized spacial score (nSPS) is 11.9. The number of hydrogen-bond donors (Lipinski definition) is 4. The highest BCUT2D eigenvalue weighted by atomic mass is 19.1. The Labute approximate surface area is 405 Å². The SMILES string of the molecule is CCOC(=O)c1c(OCc2ccccc2)c2ncc(Cc3ccc(F)cc3)c3c2n(c1=O)C=C(C(=O)O)O3.CNC(=O)C1=Cn2c(=O)c(C(=O)NCCC#N)c(O)c3ncc(Cc4ccc(F)cc4)c(c32)O1. The number of pyridine rings is 4. The highest BCUT2D eigenvalue weighted by molar-refractivity contribution is 6.05. The number of carboxylic acids is 1. The van der Waals surface area contributed by atoms with Crippen molar-refractivity contribution in [1.29, 1.82) is 5.26 Å². The summed E-state index contributed by atoms with van der Waals surface area (Å²) in [5.74, 6) is -5.99. The van der Waals surface area contributed by atoms with Crippen molar-refractivity contribution in [1.82, 2.24) is 29.7 Å². The fraction of sp³-hybridized carbons (Fsp3) is 0.157. The minimum absolute atomic E-state index is 0.00302. The van der Waals surface area contributed by atoms with Crippen molar-refractivity contribution in [2.24, 2.45) is 0 Å². The first-order valence-electron chi connectivity index (χ1n) is 21.8. The molecule has 2 aliphatic heterocycles. The Bertz CT molecular complexity index is 3570. The van der Waals surface area contributed by atoms with Crippen molar-refractivity contribution in [3.63, 3.8) is 0 Å². The number of aromatic nitrogens is 4. The number of likely N-dealkylation sites (N-methyl/N-ethyl adjacent to an activating group) is 1. The summed E-state index contributed by atoms with van der Waals surface area (Å²) in [6, 6.07) is 22.5. The van der Waals surface area contributed by atoms with Crippen molar-refractivity contribution >= 4 is 58.2 Å². The van der Waals surface area contributed by atoms with E-state index in [0.29, 0.717) is 22.3 Å². The number of aromatic hydroxyl groups is 1. The number of rotatable bonds is 14. The standard InChI is InChI=1S/C28H21FN2O7.C23H18FN5O5/c1-2-36-28(35)21-25(37-15-17-6-4-3-5-7-17)22-23-24(38-20(27(33)34)14-31(23)26(21)32)18(13-30-22)12-16-8-10-19(29)11-9-16;1-26-21(31)15-11-29-18-17(19(30)16(23(29)33)22(32)27-8-2-7-25)28-10-13(20(18)34-15)9-12-3-5-14(24)6-4-12/h3-11,13-14H,2,12,15H2,1H3,(H,33,34);3-6,10-11,30H,2,8-9H2,1H3,(H,26,31)(H,27,32). The van der Waals surface area contributed by atoms with Crippen molar-refractivity contribution in [2.75, 3.05) is 20.2 Å². The number of carbonyl (C=O) groups excluding carboxylic acids is 3. The molecule has 0 atom stereocenters. The number of benzene rings is 3. The lowest BCUT2D eigenvalue weighted by Crippen LogP contribution is -2.35. The molecule has 0 radical (unpaired) electrons. The second kappa shape index (κ2) is 20.9. The molecule has 0 aliphatic carbocycles. The van der Waals surface area contributed by atoms with Gasteiger partial charge in [-0.1, -0.05) is 54.6 Å². The quantitative estimate of drug-likeness (QED) is 0.0767. The van der Waals surface area contributed by atoms with E-state index >= 15 is 0 Å². The minimum atomic E-state index is -1.41. The van der Waals surface area contributed by atoms with Crippen LogP contribution in [0.1, 0.15) is 61.9 Å². The molecule has 6 heterocycles. The average Bonchev–Trinajstić information content (AvgIpc) is 3.38. The number of halogens is 2. The van der Waals surface area contributed by atoms with Gasteiger partial charge >= 0.3 is 11.9 Å². The molecule has 2 amide bonds. The molecule has 0 spiro atoms. The van der Waals surface area contributed by atoms with Crippen LogP contribution in [0.25, 0.3) is 34.5 Å². The van der Waals surface area contributed by atoms with Crippen LogP contribution in [0.4, 0.5) is 8.78 Å². The molecule has 0 saturated carbocycles. The molecule has 0 fully saturated rings. The number of aliphatic carboxylic acids is 1. The summed E-state index contributed by atoms with van der Waals surface area (Å²) in [6.45, 7) is 1.60. The molecule has 0 unspecified atom stereocenters. The largest absolute Gasteiger partial charge is 0.505 e. The number of esters is 1. The second-order valence-corrected chi connectivity index (χ2v) is 15.7. The van der Waals surface area contributed by atoms with Gasteiger partial charge in [0.05, 0.1) is 31.5 Å². The summed E-state index contributed by atoms with van der Waals surface area (Å²) < 4.78 is 51.4. The third-order valence-electron chi connectivity index (χ3n) is 11.1. The lowest BCUT2D eigenvalue weighted by atomic mass is 10.0. The molecule has 7 aromatic rings. The Balaban J connectivity index is 0.000000194. The van der Waals surface area contributed by atoms with Crippen LogP contribution in [0.15, 0.2) is 112 Å². The Kier molecular flexibility index (Phi) is 14.1. The Hall–Kier alpha value is -9.71. The number of carboxylic acid groups (broad SMARTS) is 1. The Morgan fingerprint density at radius 1 is 0.750 bits per heavy atom. The predicted octanol–water partition coefficient (Wildman–Crippen LogP) is 5.57. The van der Waals surface area contributed by atoms with Crippen molar-refractivity contribution in [2.45, 2.75) is 32.8 Å². The van der Waals surface area contributed by atoms with Gasteiger partial charge in [0.1, 0.15) is 45.9 Å². The molecular weight excluding hydrogens is 941 g/mol. The van der Waals surface area contributed by atoms with E-state index in [1.807, 2.05) is 36.4 Å². The van der Waals surface area contributed by atoms with Gasteiger partial charge < -0.3 is 39.8 Å². The van der Waals surface area contributed by atoms with Crippen LogP contribution < -0.4 is 36.0 Å². The van der Waals surface area contributed by atoms with Crippen molar-refractivity contribution in [3.8, 4) is 29.1 Å². The number of carbonyl (C=O) groups is 4. The van der Waals surface area contributed by atoms with Gasteiger partial charge in [-0.15, -0.1) is 0 Å². The fourth-order valence-electron chi connectivity index (χ4n) is 7.69. The van der Waals surface area contributed by atoms with Gasteiger partial charge in [-0.3, -0.25) is 38.3 Å². The van der Waals surface area contributed by atoms with Crippen LogP contribution in [-0.4, -0.2) is 73.3 Å². The highest BCUT2D eigenvalue weighted by Crippen LogP contribution is 2.40. The predicted molar refractivity (Wildman–Crippen MR) is 253 cm³/mol. The van der Waals surface area contributed by atoms with Crippen molar-refractivity contribution < 1.29 is 57.1 Å². The van der Waals surface area contributed by atoms with Crippen LogP contribution in [0.2, 0.25) is 0 Å². The van der Waals surface area contributed by atoms with Crippen LogP contribution in [0.3, 0.4) is 0 Å². The first-order valence-corrected chi connectivity index (χ1v) is 21.8. The van der Waals surface area contributed by atoms with E-state index in [1.165, 1.54) is 43.7 Å². The Morgan fingerprint density at radius 3 is 1.85 bits per heavy atom. The molecular formula is C51H39F2N7O12. The van der Waals surface area contributed by atoms with Gasteiger partial charge in [-0.25, -0.2) is 18.4 Å².